The molecule has 1 fully saturated rings. The summed E-state index contributed by atoms with van der Waals surface area (Å²) < 4.78 is 0. The smallest absolute Gasteiger partial charge is 0.255 e. The highest BCUT2D eigenvalue weighted by atomic mass is 16.2. The van der Waals surface area contributed by atoms with Crippen molar-refractivity contribution in [2.75, 3.05) is 13.1 Å². The summed E-state index contributed by atoms with van der Waals surface area (Å²) in [4.78, 5) is 27.7. The Bertz CT molecular complexity index is 463. The molecular formula is C13H19N3O2. The summed E-state index contributed by atoms with van der Waals surface area (Å²) in [6.07, 6.45) is 3.54. The van der Waals surface area contributed by atoms with Gasteiger partial charge < -0.3 is 15.6 Å². The summed E-state index contributed by atoms with van der Waals surface area (Å²) >= 11 is 0. The lowest BCUT2D eigenvalue weighted by molar-refractivity contribution is 0.0566. The highest BCUT2D eigenvalue weighted by molar-refractivity contribution is 5.94. The molecule has 2 heterocycles. The van der Waals surface area contributed by atoms with E-state index < -0.39 is 0 Å². The SMILES string of the molecule is CC1CCC(CN)CN1C(=O)c1ccc(=O)[nH]c1. The minimum absolute atomic E-state index is 0.0306. The molecule has 5 heteroatoms. The Balaban J connectivity index is 2.16. The first kappa shape index (κ1) is 12.8. The van der Waals surface area contributed by atoms with Gasteiger partial charge in [0.1, 0.15) is 0 Å². The second-order valence-corrected chi connectivity index (χ2v) is 4.93. The Morgan fingerprint density at radius 3 is 2.89 bits per heavy atom. The van der Waals surface area contributed by atoms with Crippen LogP contribution in [0.3, 0.4) is 0 Å². The number of carbonyl (C=O) groups is 1. The number of piperidine rings is 1. The van der Waals surface area contributed by atoms with Crippen molar-refractivity contribution in [1.29, 1.82) is 0 Å². The molecule has 0 aromatic carbocycles. The monoisotopic (exact) mass is 249 g/mol. The Morgan fingerprint density at radius 1 is 1.50 bits per heavy atom. The van der Waals surface area contributed by atoms with Crippen molar-refractivity contribution >= 4 is 5.91 Å². The summed E-state index contributed by atoms with van der Waals surface area (Å²) in [7, 11) is 0. The zero-order chi connectivity index (χ0) is 13.1. The number of nitrogens with two attached hydrogens (primary N) is 1. The Labute approximate surface area is 106 Å². The van der Waals surface area contributed by atoms with Gasteiger partial charge in [-0.05, 0) is 38.3 Å². The topological polar surface area (TPSA) is 79.2 Å². The van der Waals surface area contributed by atoms with Crippen LogP contribution in [0.25, 0.3) is 0 Å². The number of likely N-dealkylation sites (tertiary alicyclic amines) is 1. The molecule has 1 aliphatic rings. The molecule has 3 N–H and O–H groups in total. The zero-order valence-electron chi connectivity index (χ0n) is 10.6. The molecule has 0 radical (unpaired) electrons. The number of carbonyl (C=O) groups excluding carboxylic acids is 1. The predicted molar refractivity (Wildman–Crippen MR) is 69.3 cm³/mol. The highest BCUT2D eigenvalue weighted by Crippen LogP contribution is 2.22. The highest BCUT2D eigenvalue weighted by Gasteiger charge is 2.28. The van der Waals surface area contributed by atoms with Crippen LogP contribution >= 0.6 is 0 Å². The molecule has 5 nitrogen and oxygen atoms in total. The summed E-state index contributed by atoms with van der Waals surface area (Å²) in [5, 5.41) is 0. The average molecular weight is 249 g/mol. The molecule has 1 aromatic heterocycles. The lowest BCUT2D eigenvalue weighted by atomic mass is 9.93. The number of pyridine rings is 1. The predicted octanol–water partition coefficient (Wildman–Crippen LogP) is 0.574. The molecule has 2 unspecified atom stereocenters. The minimum atomic E-state index is -0.196. The van der Waals surface area contributed by atoms with Crippen molar-refractivity contribution in [2.45, 2.75) is 25.8 Å². The summed E-state index contributed by atoms with van der Waals surface area (Å²) in [5.74, 6) is 0.352. The second-order valence-electron chi connectivity index (χ2n) is 4.93. The number of aromatic amines is 1. The third-order valence-corrected chi connectivity index (χ3v) is 3.60. The molecule has 1 amide bonds. The van der Waals surface area contributed by atoms with Gasteiger partial charge in [-0.3, -0.25) is 9.59 Å². The molecule has 2 rings (SSSR count). The van der Waals surface area contributed by atoms with E-state index in [0.29, 0.717) is 24.6 Å². The third kappa shape index (κ3) is 2.61. The zero-order valence-corrected chi connectivity index (χ0v) is 10.6. The van der Waals surface area contributed by atoms with Gasteiger partial charge in [-0.15, -0.1) is 0 Å². The number of hydrogen-bond donors (Lipinski definition) is 2. The maximum Gasteiger partial charge on any atom is 0.255 e. The van der Waals surface area contributed by atoms with E-state index in [2.05, 4.69) is 11.9 Å². The molecular weight excluding hydrogens is 230 g/mol. The molecule has 98 valence electrons. The first-order valence-corrected chi connectivity index (χ1v) is 6.31. The molecule has 0 spiro atoms. The van der Waals surface area contributed by atoms with Crippen LogP contribution in [0.1, 0.15) is 30.1 Å². The van der Waals surface area contributed by atoms with Gasteiger partial charge in [-0.25, -0.2) is 0 Å². The Kier molecular flexibility index (Phi) is 3.81. The van der Waals surface area contributed by atoms with Gasteiger partial charge >= 0.3 is 0 Å². The van der Waals surface area contributed by atoms with Crippen molar-refractivity contribution < 1.29 is 4.79 Å². The van der Waals surface area contributed by atoms with Crippen LogP contribution in [0, 0.1) is 5.92 Å². The fraction of sp³-hybridized carbons (Fsp3) is 0.538. The number of aromatic nitrogens is 1. The number of hydrogen-bond acceptors (Lipinski definition) is 3. The Hall–Kier alpha value is -1.62. The Morgan fingerprint density at radius 2 is 2.28 bits per heavy atom. The first-order valence-electron chi connectivity index (χ1n) is 6.31. The lowest BCUT2D eigenvalue weighted by Gasteiger charge is -2.37. The maximum absolute atomic E-state index is 12.3. The molecule has 0 bridgehead atoms. The van der Waals surface area contributed by atoms with Gasteiger partial charge in [0.05, 0.1) is 5.56 Å². The van der Waals surface area contributed by atoms with Crippen molar-refractivity contribution in [3.8, 4) is 0 Å². The van der Waals surface area contributed by atoms with Gasteiger partial charge in [0.2, 0.25) is 5.56 Å². The summed E-state index contributed by atoms with van der Waals surface area (Å²) in [6.45, 7) is 3.37. The van der Waals surface area contributed by atoms with Crippen molar-refractivity contribution in [1.82, 2.24) is 9.88 Å². The standard InChI is InChI=1S/C13H19N3O2/c1-9-2-3-10(6-14)8-16(9)13(18)11-4-5-12(17)15-7-11/h4-5,7,9-10H,2-3,6,8,14H2,1H3,(H,15,17). The van der Waals surface area contributed by atoms with E-state index in [0.717, 1.165) is 12.8 Å². The van der Waals surface area contributed by atoms with Crippen LogP contribution in [0.5, 0.6) is 0 Å². The van der Waals surface area contributed by atoms with Crippen LogP contribution in [0.2, 0.25) is 0 Å². The van der Waals surface area contributed by atoms with E-state index in [-0.39, 0.29) is 17.5 Å². The lowest BCUT2D eigenvalue weighted by Crippen LogP contribution is -2.47. The van der Waals surface area contributed by atoms with E-state index in [9.17, 15) is 9.59 Å². The van der Waals surface area contributed by atoms with E-state index in [1.807, 2.05) is 4.90 Å². The number of nitrogens with one attached hydrogen (secondary N) is 1. The fourth-order valence-corrected chi connectivity index (χ4v) is 2.37. The molecule has 0 saturated carbocycles. The maximum atomic E-state index is 12.3. The minimum Gasteiger partial charge on any atom is -0.336 e. The molecule has 18 heavy (non-hydrogen) atoms. The van der Waals surface area contributed by atoms with Crippen molar-refractivity contribution in [3.63, 3.8) is 0 Å². The van der Waals surface area contributed by atoms with Crippen molar-refractivity contribution in [2.24, 2.45) is 11.7 Å². The summed E-state index contributed by atoms with van der Waals surface area (Å²) in [6, 6.07) is 3.18. The van der Waals surface area contributed by atoms with Crippen LogP contribution in [0.4, 0.5) is 0 Å². The molecule has 1 saturated heterocycles. The van der Waals surface area contributed by atoms with Crippen LogP contribution in [0.15, 0.2) is 23.1 Å². The quantitative estimate of drug-likeness (QED) is 0.804. The number of nitrogens with zero attached hydrogens (tertiary/aromatic N) is 1. The van der Waals surface area contributed by atoms with E-state index in [4.69, 9.17) is 5.73 Å². The van der Waals surface area contributed by atoms with Crippen molar-refractivity contribution in [3.05, 3.63) is 34.2 Å². The summed E-state index contributed by atoms with van der Waals surface area (Å²) in [5.41, 5.74) is 6.01. The number of H-pyrrole nitrogens is 1. The molecule has 1 aliphatic heterocycles. The van der Waals surface area contributed by atoms with Crippen LogP contribution < -0.4 is 11.3 Å². The average Bonchev–Trinajstić information content (AvgIpc) is 2.39. The third-order valence-electron chi connectivity index (χ3n) is 3.60. The number of amides is 1. The molecule has 2 atom stereocenters. The van der Waals surface area contributed by atoms with E-state index in [1.54, 1.807) is 6.07 Å². The first-order chi connectivity index (χ1) is 8.61. The fourth-order valence-electron chi connectivity index (χ4n) is 2.37. The van der Waals surface area contributed by atoms with Gasteiger partial charge in [-0.2, -0.15) is 0 Å². The van der Waals surface area contributed by atoms with Gasteiger partial charge in [0.15, 0.2) is 0 Å². The molecule has 1 aromatic rings. The molecule has 0 aliphatic carbocycles. The van der Waals surface area contributed by atoms with Gasteiger partial charge in [0.25, 0.3) is 5.91 Å². The van der Waals surface area contributed by atoms with Crippen LogP contribution in [-0.2, 0) is 0 Å². The number of rotatable bonds is 2. The van der Waals surface area contributed by atoms with Gasteiger partial charge in [-0.1, -0.05) is 0 Å². The van der Waals surface area contributed by atoms with E-state index >= 15 is 0 Å². The van der Waals surface area contributed by atoms with Gasteiger partial charge in [0, 0.05) is 24.8 Å². The second kappa shape index (κ2) is 5.35. The normalized spacial score (nSPS) is 24.0. The van der Waals surface area contributed by atoms with Crippen LogP contribution in [-0.4, -0.2) is 34.9 Å². The van der Waals surface area contributed by atoms with E-state index in [1.165, 1.54) is 12.3 Å². The largest absolute Gasteiger partial charge is 0.336 e.